The zero-order valence-electron chi connectivity index (χ0n) is 19.8. The molecule has 0 saturated heterocycles. The van der Waals surface area contributed by atoms with Gasteiger partial charge in [0, 0.05) is 5.69 Å². The number of halogens is 1. The van der Waals surface area contributed by atoms with E-state index in [0.717, 1.165) is 19.4 Å². The maximum atomic E-state index is 13.8. The van der Waals surface area contributed by atoms with Crippen molar-refractivity contribution in [2.75, 3.05) is 26.0 Å². The number of anilines is 1. The molecule has 35 heavy (non-hydrogen) atoms. The SMILES string of the molecule is CN(C)CCCc1ccc(N=C(c2cccc(CC(=O)O)c2)C2C(=O)Nc3cc(F)ccc32)cc1. The Morgan fingerprint density at radius 3 is 2.54 bits per heavy atom. The van der Waals surface area contributed by atoms with E-state index in [-0.39, 0.29) is 12.3 Å². The summed E-state index contributed by atoms with van der Waals surface area (Å²) in [5.74, 6) is -2.42. The van der Waals surface area contributed by atoms with Gasteiger partial charge in [-0.15, -0.1) is 0 Å². The number of nitrogens with one attached hydrogen (secondary N) is 1. The lowest BCUT2D eigenvalue weighted by Crippen LogP contribution is -2.22. The Morgan fingerprint density at radius 1 is 1.06 bits per heavy atom. The molecule has 0 aliphatic carbocycles. The van der Waals surface area contributed by atoms with Crippen LogP contribution in [-0.2, 0) is 22.4 Å². The van der Waals surface area contributed by atoms with Crippen LogP contribution in [0.3, 0.4) is 0 Å². The Morgan fingerprint density at radius 2 is 1.83 bits per heavy atom. The Hall–Kier alpha value is -3.84. The van der Waals surface area contributed by atoms with Crippen molar-refractivity contribution in [2.45, 2.75) is 25.2 Å². The summed E-state index contributed by atoms with van der Waals surface area (Å²) in [6.07, 6.45) is 1.87. The second-order valence-corrected chi connectivity index (χ2v) is 9.00. The first kappa shape index (κ1) is 24.3. The molecule has 0 bridgehead atoms. The Kier molecular flexibility index (Phi) is 7.36. The topological polar surface area (TPSA) is 82.0 Å². The van der Waals surface area contributed by atoms with Crippen molar-refractivity contribution < 1.29 is 19.1 Å². The summed E-state index contributed by atoms with van der Waals surface area (Å²) < 4.78 is 13.8. The number of aliphatic carboxylic acids is 1. The number of carboxylic acids is 1. The highest BCUT2D eigenvalue weighted by Gasteiger charge is 2.35. The molecule has 1 aliphatic rings. The third kappa shape index (κ3) is 6.00. The van der Waals surface area contributed by atoms with Crippen molar-refractivity contribution in [3.05, 3.63) is 94.8 Å². The van der Waals surface area contributed by atoms with Crippen molar-refractivity contribution in [3.8, 4) is 0 Å². The van der Waals surface area contributed by atoms with Crippen molar-refractivity contribution >= 4 is 29.0 Å². The highest BCUT2D eigenvalue weighted by molar-refractivity contribution is 6.24. The predicted octanol–water partition coefficient (Wildman–Crippen LogP) is 4.80. The van der Waals surface area contributed by atoms with Gasteiger partial charge in [-0.25, -0.2) is 4.39 Å². The lowest BCUT2D eigenvalue weighted by atomic mass is 9.89. The number of hydrogen-bond donors (Lipinski definition) is 2. The van der Waals surface area contributed by atoms with Crippen molar-refractivity contribution in [1.29, 1.82) is 0 Å². The first-order valence-electron chi connectivity index (χ1n) is 11.5. The standard InChI is InChI=1S/C28H28FN3O3/c1-32(2)14-4-6-18-8-11-22(12-9-18)30-27(20-7-3-5-19(15-20)16-25(33)34)26-23-13-10-21(29)17-24(23)31-28(26)35/h3,5,7-13,15,17,26H,4,6,14,16H2,1-2H3,(H,31,35)(H,33,34). The summed E-state index contributed by atoms with van der Waals surface area (Å²) in [6, 6.07) is 19.2. The molecule has 1 heterocycles. The van der Waals surface area contributed by atoms with Gasteiger partial charge >= 0.3 is 5.97 Å². The van der Waals surface area contributed by atoms with Crippen LogP contribution in [0.2, 0.25) is 0 Å². The van der Waals surface area contributed by atoms with Crippen molar-refractivity contribution in [2.24, 2.45) is 4.99 Å². The van der Waals surface area contributed by atoms with E-state index in [1.165, 1.54) is 17.7 Å². The third-order valence-electron chi connectivity index (χ3n) is 5.95. The van der Waals surface area contributed by atoms with Crippen LogP contribution in [0.15, 0.2) is 71.7 Å². The van der Waals surface area contributed by atoms with E-state index in [0.29, 0.717) is 33.8 Å². The number of aryl methyl sites for hydroxylation is 1. The second kappa shape index (κ2) is 10.6. The van der Waals surface area contributed by atoms with Gasteiger partial charge < -0.3 is 15.3 Å². The van der Waals surface area contributed by atoms with Gasteiger partial charge in [-0.1, -0.05) is 36.4 Å². The number of aliphatic imine (C=N–C) groups is 1. The molecule has 3 aromatic rings. The number of carbonyl (C=O) groups excluding carboxylic acids is 1. The summed E-state index contributed by atoms with van der Waals surface area (Å²) >= 11 is 0. The second-order valence-electron chi connectivity index (χ2n) is 9.00. The molecule has 1 amide bonds. The monoisotopic (exact) mass is 473 g/mol. The maximum Gasteiger partial charge on any atom is 0.307 e. The zero-order chi connectivity index (χ0) is 24.9. The number of fused-ring (bicyclic) bond motifs is 1. The molecule has 0 spiro atoms. The van der Waals surface area contributed by atoms with Gasteiger partial charge in [-0.2, -0.15) is 0 Å². The lowest BCUT2D eigenvalue weighted by Gasteiger charge is -2.15. The third-order valence-corrected chi connectivity index (χ3v) is 5.95. The number of benzene rings is 3. The van der Waals surface area contributed by atoms with E-state index in [2.05, 4.69) is 24.3 Å². The van der Waals surface area contributed by atoms with E-state index in [4.69, 9.17) is 4.99 Å². The van der Waals surface area contributed by atoms with E-state index in [1.807, 2.05) is 30.3 Å². The van der Waals surface area contributed by atoms with Crippen LogP contribution in [0.25, 0.3) is 0 Å². The largest absolute Gasteiger partial charge is 0.481 e. The van der Waals surface area contributed by atoms with Crippen molar-refractivity contribution in [3.63, 3.8) is 0 Å². The van der Waals surface area contributed by atoms with E-state index in [9.17, 15) is 19.1 Å². The van der Waals surface area contributed by atoms with Gasteiger partial charge in [0.15, 0.2) is 0 Å². The number of nitrogens with zero attached hydrogens (tertiary/aromatic N) is 2. The van der Waals surface area contributed by atoms with Gasteiger partial charge in [0.25, 0.3) is 0 Å². The summed E-state index contributed by atoms with van der Waals surface area (Å²) in [5.41, 5.74) is 4.69. The quantitative estimate of drug-likeness (QED) is 0.437. The normalized spacial score (nSPS) is 15.3. The Bertz CT molecular complexity index is 1270. The van der Waals surface area contributed by atoms with Crippen molar-refractivity contribution in [1.82, 2.24) is 4.90 Å². The van der Waals surface area contributed by atoms with Gasteiger partial charge in [0.2, 0.25) is 5.91 Å². The minimum atomic E-state index is -0.940. The Balaban J connectivity index is 1.73. The number of amides is 1. The molecule has 6 nitrogen and oxygen atoms in total. The molecule has 0 radical (unpaired) electrons. The average molecular weight is 474 g/mol. The van der Waals surface area contributed by atoms with E-state index < -0.39 is 17.7 Å². The van der Waals surface area contributed by atoms with Gasteiger partial charge in [-0.3, -0.25) is 14.6 Å². The van der Waals surface area contributed by atoms with Crippen LogP contribution in [0.1, 0.15) is 34.6 Å². The molecular weight excluding hydrogens is 445 g/mol. The molecule has 0 saturated carbocycles. The summed E-state index contributed by atoms with van der Waals surface area (Å²) in [5, 5.41) is 12.0. The van der Waals surface area contributed by atoms with Crippen LogP contribution in [0.5, 0.6) is 0 Å². The number of hydrogen-bond acceptors (Lipinski definition) is 4. The highest BCUT2D eigenvalue weighted by atomic mass is 19.1. The van der Waals surface area contributed by atoms with Crippen LogP contribution >= 0.6 is 0 Å². The summed E-state index contributed by atoms with van der Waals surface area (Å²) in [6.45, 7) is 1.01. The van der Waals surface area contributed by atoms with Crippen LogP contribution in [-0.4, -0.2) is 48.2 Å². The fourth-order valence-electron chi connectivity index (χ4n) is 4.29. The molecular formula is C28H28FN3O3. The lowest BCUT2D eigenvalue weighted by molar-refractivity contribution is -0.136. The van der Waals surface area contributed by atoms with Gasteiger partial charge in [0.1, 0.15) is 11.7 Å². The molecule has 7 heteroatoms. The first-order chi connectivity index (χ1) is 16.8. The molecule has 1 aliphatic heterocycles. The van der Waals surface area contributed by atoms with Crippen LogP contribution in [0, 0.1) is 5.82 Å². The average Bonchev–Trinajstić information content (AvgIpc) is 3.12. The molecule has 2 N–H and O–H groups in total. The summed E-state index contributed by atoms with van der Waals surface area (Å²) in [4.78, 5) is 31.3. The van der Waals surface area contributed by atoms with Crippen LogP contribution < -0.4 is 5.32 Å². The minimum Gasteiger partial charge on any atom is -0.481 e. The van der Waals surface area contributed by atoms with E-state index >= 15 is 0 Å². The number of carbonyl (C=O) groups is 2. The molecule has 0 aromatic heterocycles. The van der Waals surface area contributed by atoms with Gasteiger partial charge in [-0.05, 0) is 86.1 Å². The number of carboxylic acid groups (broad SMARTS) is 1. The fraction of sp³-hybridized carbons (Fsp3) is 0.250. The molecule has 180 valence electrons. The fourth-order valence-corrected chi connectivity index (χ4v) is 4.29. The molecule has 0 fully saturated rings. The summed E-state index contributed by atoms with van der Waals surface area (Å²) in [7, 11) is 4.10. The highest BCUT2D eigenvalue weighted by Crippen LogP contribution is 2.37. The predicted molar refractivity (Wildman–Crippen MR) is 135 cm³/mol. The van der Waals surface area contributed by atoms with Crippen LogP contribution in [0.4, 0.5) is 15.8 Å². The molecule has 1 atom stereocenters. The molecule has 4 rings (SSSR count). The molecule has 1 unspecified atom stereocenters. The minimum absolute atomic E-state index is 0.137. The van der Waals surface area contributed by atoms with Gasteiger partial charge in [0.05, 0.1) is 17.8 Å². The van der Waals surface area contributed by atoms with E-state index in [1.54, 1.807) is 24.3 Å². The number of rotatable bonds is 9. The smallest absolute Gasteiger partial charge is 0.307 e. The Labute approximate surface area is 204 Å². The maximum absolute atomic E-state index is 13.8. The first-order valence-corrected chi connectivity index (χ1v) is 11.5. The zero-order valence-corrected chi connectivity index (χ0v) is 19.8. The molecule has 3 aromatic carbocycles.